The number of nitrogens with one attached hydrogen (secondary N) is 2. The van der Waals surface area contributed by atoms with Crippen LogP contribution in [-0.2, 0) is 10.0 Å². The monoisotopic (exact) mass is 397 g/mol. The number of ether oxygens (including phenoxy) is 1. The van der Waals surface area contributed by atoms with E-state index >= 15 is 0 Å². The number of methoxy groups -OCH3 is 1. The first-order valence-corrected chi connectivity index (χ1v) is 10.2. The van der Waals surface area contributed by atoms with E-state index in [9.17, 15) is 13.2 Å². The Bertz CT molecular complexity index is 908. The summed E-state index contributed by atoms with van der Waals surface area (Å²) >= 11 is 1.36. The molecule has 0 atom stereocenters. The molecule has 1 aromatic carbocycles. The number of nitrogens with zero attached hydrogens (tertiary/aromatic N) is 1. The molecule has 1 amide bonds. The molecule has 2 rings (SSSR count). The van der Waals surface area contributed by atoms with Crippen molar-refractivity contribution < 1.29 is 17.9 Å². The SMILES string of the molecule is COc1ccc(C(=O)Nc2nc(C)c(C)s2)cc1S(=O)(=O)NC(C)(C)C. The topological polar surface area (TPSA) is 97.4 Å². The number of amides is 1. The molecule has 0 radical (unpaired) electrons. The normalized spacial score (nSPS) is 12.1. The van der Waals surface area contributed by atoms with Gasteiger partial charge in [0.2, 0.25) is 10.0 Å². The van der Waals surface area contributed by atoms with E-state index in [0.29, 0.717) is 5.13 Å². The predicted octanol–water partition coefficient (Wildman–Crippen LogP) is 3.10. The van der Waals surface area contributed by atoms with Crippen LogP contribution in [0.3, 0.4) is 0 Å². The smallest absolute Gasteiger partial charge is 0.257 e. The number of aryl methyl sites for hydroxylation is 2. The molecule has 0 bridgehead atoms. The number of aromatic nitrogens is 1. The van der Waals surface area contributed by atoms with Crippen LogP contribution in [0.1, 0.15) is 41.7 Å². The maximum atomic E-state index is 12.7. The maximum absolute atomic E-state index is 12.7. The van der Waals surface area contributed by atoms with E-state index in [1.807, 2.05) is 13.8 Å². The number of carbonyl (C=O) groups is 1. The molecule has 2 N–H and O–H groups in total. The van der Waals surface area contributed by atoms with Crippen LogP contribution in [0.2, 0.25) is 0 Å². The second-order valence-electron chi connectivity index (χ2n) is 6.84. The number of thiazole rings is 1. The van der Waals surface area contributed by atoms with Crippen molar-refractivity contribution in [2.75, 3.05) is 12.4 Å². The molecule has 9 heteroatoms. The van der Waals surface area contributed by atoms with Crippen LogP contribution >= 0.6 is 11.3 Å². The fraction of sp³-hybridized carbons (Fsp3) is 0.412. The van der Waals surface area contributed by atoms with Crippen LogP contribution in [0.15, 0.2) is 23.1 Å². The lowest BCUT2D eigenvalue weighted by Crippen LogP contribution is -2.40. The molecule has 7 nitrogen and oxygen atoms in total. The Morgan fingerprint density at radius 3 is 2.38 bits per heavy atom. The largest absolute Gasteiger partial charge is 0.495 e. The predicted molar refractivity (Wildman–Crippen MR) is 103 cm³/mol. The molecular weight excluding hydrogens is 374 g/mol. The first-order valence-electron chi connectivity index (χ1n) is 7.90. The fourth-order valence-corrected chi connectivity index (χ4v) is 4.61. The zero-order valence-corrected chi connectivity index (χ0v) is 17.3. The lowest BCUT2D eigenvalue weighted by molar-refractivity contribution is 0.102. The lowest BCUT2D eigenvalue weighted by atomic mass is 10.1. The fourth-order valence-electron chi connectivity index (χ4n) is 2.18. The second kappa shape index (κ2) is 7.34. The van der Waals surface area contributed by atoms with Gasteiger partial charge in [-0.1, -0.05) is 0 Å². The van der Waals surface area contributed by atoms with Gasteiger partial charge in [-0.2, -0.15) is 0 Å². The van der Waals surface area contributed by atoms with Gasteiger partial charge in [-0.05, 0) is 52.8 Å². The molecule has 0 saturated heterocycles. The molecule has 26 heavy (non-hydrogen) atoms. The van der Waals surface area contributed by atoms with E-state index < -0.39 is 21.5 Å². The minimum Gasteiger partial charge on any atom is -0.495 e. The molecule has 0 aliphatic rings. The van der Waals surface area contributed by atoms with Gasteiger partial charge in [0.05, 0.1) is 12.8 Å². The summed E-state index contributed by atoms with van der Waals surface area (Å²) in [6.07, 6.45) is 0. The van der Waals surface area contributed by atoms with Crippen molar-refractivity contribution in [2.24, 2.45) is 0 Å². The number of sulfonamides is 1. The van der Waals surface area contributed by atoms with E-state index in [2.05, 4.69) is 15.0 Å². The highest BCUT2D eigenvalue weighted by Crippen LogP contribution is 2.27. The van der Waals surface area contributed by atoms with Gasteiger partial charge in [0.15, 0.2) is 5.13 Å². The number of benzene rings is 1. The van der Waals surface area contributed by atoms with Crippen molar-refractivity contribution in [1.82, 2.24) is 9.71 Å². The molecule has 1 heterocycles. The van der Waals surface area contributed by atoms with Crippen molar-refractivity contribution in [2.45, 2.75) is 45.1 Å². The summed E-state index contributed by atoms with van der Waals surface area (Å²) in [4.78, 5) is 17.7. The van der Waals surface area contributed by atoms with Gasteiger partial charge < -0.3 is 4.74 Å². The third-order valence-corrected chi connectivity index (χ3v) is 6.17. The molecule has 0 aliphatic heterocycles. The number of anilines is 1. The second-order valence-corrected chi connectivity index (χ2v) is 9.69. The molecule has 0 fully saturated rings. The third-order valence-electron chi connectivity index (χ3n) is 3.40. The van der Waals surface area contributed by atoms with Crippen LogP contribution in [0.4, 0.5) is 5.13 Å². The minimum atomic E-state index is -3.86. The van der Waals surface area contributed by atoms with E-state index in [1.54, 1.807) is 20.8 Å². The molecule has 0 spiro atoms. The summed E-state index contributed by atoms with van der Waals surface area (Å²) in [6.45, 7) is 8.98. The lowest BCUT2D eigenvalue weighted by Gasteiger charge is -2.21. The number of hydrogen-bond acceptors (Lipinski definition) is 6. The summed E-state index contributed by atoms with van der Waals surface area (Å²) in [6, 6.07) is 4.28. The average Bonchev–Trinajstić information content (AvgIpc) is 2.82. The summed E-state index contributed by atoms with van der Waals surface area (Å²) in [5.41, 5.74) is 0.376. The highest BCUT2D eigenvalue weighted by Gasteiger charge is 2.26. The Balaban J connectivity index is 2.38. The highest BCUT2D eigenvalue weighted by atomic mass is 32.2. The highest BCUT2D eigenvalue weighted by molar-refractivity contribution is 7.89. The third kappa shape index (κ3) is 4.80. The van der Waals surface area contributed by atoms with Crippen LogP contribution < -0.4 is 14.8 Å². The summed E-state index contributed by atoms with van der Waals surface area (Å²) in [7, 11) is -2.48. The minimum absolute atomic E-state index is 0.0888. The molecule has 1 aromatic heterocycles. The van der Waals surface area contributed by atoms with Crippen LogP contribution in [0.5, 0.6) is 5.75 Å². The van der Waals surface area contributed by atoms with Crippen molar-refractivity contribution >= 4 is 32.4 Å². The van der Waals surface area contributed by atoms with Crippen molar-refractivity contribution in [3.63, 3.8) is 0 Å². The molecule has 0 aliphatic carbocycles. The Morgan fingerprint density at radius 1 is 1.23 bits per heavy atom. The molecule has 0 saturated carbocycles. The Morgan fingerprint density at radius 2 is 1.88 bits per heavy atom. The first kappa shape index (κ1) is 20.3. The van der Waals surface area contributed by atoms with Gasteiger partial charge in [0.1, 0.15) is 10.6 Å². The Kier molecular flexibility index (Phi) is 5.74. The molecule has 0 unspecified atom stereocenters. The van der Waals surface area contributed by atoms with E-state index in [1.165, 1.54) is 36.6 Å². The van der Waals surface area contributed by atoms with Crippen molar-refractivity contribution in [3.8, 4) is 5.75 Å². The van der Waals surface area contributed by atoms with Gasteiger partial charge in [-0.25, -0.2) is 18.1 Å². The van der Waals surface area contributed by atoms with Crippen molar-refractivity contribution in [1.29, 1.82) is 0 Å². The summed E-state index contributed by atoms with van der Waals surface area (Å²) in [5, 5.41) is 3.17. The number of carbonyl (C=O) groups excluding carboxylic acids is 1. The van der Waals surface area contributed by atoms with Crippen LogP contribution in [-0.4, -0.2) is 32.0 Å². The Labute approximate surface area is 157 Å². The van der Waals surface area contributed by atoms with Gasteiger partial charge in [-0.3, -0.25) is 10.1 Å². The summed E-state index contributed by atoms with van der Waals surface area (Å²) in [5.74, 6) is -0.271. The van der Waals surface area contributed by atoms with E-state index in [4.69, 9.17) is 4.74 Å². The first-order chi connectivity index (χ1) is 11.9. The molecule has 2 aromatic rings. The zero-order valence-electron chi connectivity index (χ0n) is 15.6. The maximum Gasteiger partial charge on any atom is 0.257 e. The van der Waals surface area contributed by atoms with Crippen LogP contribution in [0, 0.1) is 13.8 Å². The van der Waals surface area contributed by atoms with Crippen LogP contribution in [0.25, 0.3) is 0 Å². The van der Waals surface area contributed by atoms with Gasteiger partial charge >= 0.3 is 0 Å². The van der Waals surface area contributed by atoms with Crippen molar-refractivity contribution in [3.05, 3.63) is 34.3 Å². The van der Waals surface area contributed by atoms with E-state index in [-0.39, 0.29) is 16.2 Å². The standard InChI is InChI=1S/C17H23N3O4S2/c1-10-11(2)25-16(18-10)19-15(21)12-7-8-13(24-6)14(9-12)26(22,23)20-17(3,4)5/h7-9,20H,1-6H3,(H,18,19,21). The van der Waals surface area contributed by atoms with Gasteiger partial charge in [-0.15, -0.1) is 11.3 Å². The van der Waals surface area contributed by atoms with Gasteiger partial charge in [0.25, 0.3) is 5.91 Å². The summed E-state index contributed by atoms with van der Waals surface area (Å²) < 4.78 is 33.1. The number of hydrogen-bond donors (Lipinski definition) is 2. The molecule has 142 valence electrons. The van der Waals surface area contributed by atoms with Gasteiger partial charge in [0, 0.05) is 16.0 Å². The zero-order chi connectivity index (χ0) is 19.7. The molecular formula is C17H23N3O4S2. The quantitative estimate of drug-likeness (QED) is 0.808. The average molecular weight is 398 g/mol. The van der Waals surface area contributed by atoms with E-state index in [0.717, 1.165) is 10.6 Å². The number of rotatable bonds is 5. The Hall–Kier alpha value is -1.97.